The van der Waals surface area contributed by atoms with E-state index in [4.69, 9.17) is 10.8 Å². The minimum absolute atomic E-state index is 0.0431. The highest BCUT2D eigenvalue weighted by atomic mass is 16.3. The molecule has 1 aliphatic carbocycles. The second kappa shape index (κ2) is 6.21. The first kappa shape index (κ1) is 15.2. The summed E-state index contributed by atoms with van der Waals surface area (Å²) in [6.45, 7) is -0.0431. The number of hydrogen-bond acceptors (Lipinski definition) is 5. The first-order valence-electron chi connectivity index (χ1n) is 7.42. The standard InChI is InChI=1S/C16H18N4O3/c17-16-19-13(7-14(22)20-16)11-5-12(6-11)18-15(23)10-3-1-9(8-21)2-4-10/h1-4,7,11-12,21H,5-6,8H2,(H,18,23)(H3,17,19,20,22). The quantitative estimate of drug-likeness (QED) is 0.655. The van der Waals surface area contributed by atoms with Gasteiger partial charge < -0.3 is 16.2 Å². The van der Waals surface area contributed by atoms with Gasteiger partial charge in [0.2, 0.25) is 5.95 Å². The maximum Gasteiger partial charge on any atom is 0.252 e. The van der Waals surface area contributed by atoms with Gasteiger partial charge in [0.15, 0.2) is 0 Å². The van der Waals surface area contributed by atoms with Crippen LogP contribution in [0.15, 0.2) is 35.1 Å². The summed E-state index contributed by atoms with van der Waals surface area (Å²) in [7, 11) is 0. The fourth-order valence-electron chi connectivity index (χ4n) is 2.71. The number of nitrogens with two attached hydrogens (primary N) is 1. The van der Waals surface area contributed by atoms with Gasteiger partial charge in [-0.1, -0.05) is 12.1 Å². The number of benzene rings is 1. The third kappa shape index (κ3) is 3.40. The molecule has 0 saturated heterocycles. The van der Waals surface area contributed by atoms with Gasteiger partial charge in [-0.3, -0.25) is 14.6 Å². The topological polar surface area (TPSA) is 121 Å². The van der Waals surface area contributed by atoms with Crippen molar-refractivity contribution in [3.63, 3.8) is 0 Å². The molecule has 0 atom stereocenters. The van der Waals surface area contributed by atoms with E-state index in [9.17, 15) is 9.59 Å². The van der Waals surface area contributed by atoms with Crippen molar-refractivity contribution in [2.45, 2.75) is 31.4 Å². The van der Waals surface area contributed by atoms with Gasteiger partial charge in [-0.05, 0) is 30.5 Å². The number of nitrogens with zero attached hydrogens (tertiary/aromatic N) is 1. The summed E-state index contributed by atoms with van der Waals surface area (Å²) in [5.74, 6) is 0.113. The van der Waals surface area contributed by atoms with Crippen molar-refractivity contribution in [2.24, 2.45) is 0 Å². The number of rotatable bonds is 4. The van der Waals surface area contributed by atoms with Gasteiger partial charge in [0, 0.05) is 23.6 Å². The van der Waals surface area contributed by atoms with Crippen LogP contribution in [0.2, 0.25) is 0 Å². The number of nitrogens with one attached hydrogen (secondary N) is 2. The summed E-state index contributed by atoms with van der Waals surface area (Å²) in [6.07, 6.45) is 1.46. The maximum absolute atomic E-state index is 12.1. The highest BCUT2D eigenvalue weighted by Gasteiger charge is 2.32. The maximum atomic E-state index is 12.1. The lowest BCUT2D eigenvalue weighted by molar-refractivity contribution is 0.0908. The van der Waals surface area contributed by atoms with Crippen molar-refractivity contribution >= 4 is 11.9 Å². The Hall–Kier alpha value is -2.67. The van der Waals surface area contributed by atoms with Crippen molar-refractivity contribution in [1.29, 1.82) is 0 Å². The van der Waals surface area contributed by atoms with Gasteiger partial charge in [-0.25, -0.2) is 4.98 Å². The second-order valence-corrected chi connectivity index (χ2v) is 5.75. The van der Waals surface area contributed by atoms with E-state index in [2.05, 4.69) is 15.3 Å². The third-order valence-electron chi connectivity index (χ3n) is 4.07. The molecule has 0 radical (unpaired) electrons. The Kier molecular flexibility index (Phi) is 4.12. The fraction of sp³-hybridized carbons (Fsp3) is 0.312. The van der Waals surface area contributed by atoms with Crippen LogP contribution in [-0.2, 0) is 6.61 Å². The number of nitrogen functional groups attached to an aromatic ring is 1. The summed E-state index contributed by atoms with van der Waals surface area (Å²) in [4.78, 5) is 30.1. The molecule has 1 fully saturated rings. The number of aliphatic hydroxyl groups excluding tert-OH is 1. The summed E-state index contributed by atoms with van der Waals surface area (Å²) < 4.78 is 0. The monoisotopic (exact) mass is 314 g/mol. The summed E-state index contributed by atoms with van der Waals surface area (Å²) >= 11 is 0. The second-order valence-electron chi connectivity index (χ2n) is 5.75. The van der Waals surface area contributed by atoms with Crippen LogP contribution in [0.25, 0.3) is 0 Å². The Morgan fingerprint density at radius 1 is 1.35 bits per heavy atom. The number of hydrogen-bond donors (Lipinski definition) is 4. The van der Waals surface area contributed by atoms with Crippen LogP contribution in [0.4, 0.5) is 5.95 Å². The van der Waals surface area contributed by atoms with Crippen molar-refractivity contribution in [1.82, 2.24) is 15.3 Å². The average Bonchev–Trinajstić information content (AvgIpc) is 2.49. The first-order chi connectivity index (χ1) is 11.0. The molecule has 1 aromatic carbocycles. The molecule has 23 heavy (non-hydrogen) atoms. The molecule has 3 rings (SSSR count). The van der Waals surface area contributed by atoms with Gasteiger partial charge in [-0.15, -0.1) is 0 Å². The number of aromatic nitrogens is 2. The van der Waals surface area contributed by atoms with Crippen LogP contribution in [0, 0.1) is 0 Å². The van der Waals surface area contributed by atoms with E-state index < -0.39 is 0 Å². The van der Waals surface area contributed by atoms with E-state index in [-0.39, 0.29) is 36.0 Å². The summed E-state index contributed by atoms with van der Waals surface area (Å²) in [5.41, 5.74) is 7.27. The molecule has 0 bridgehead atoms. The smallest absolute Gasteiger partial charge is 0.252 e. The van der Waals surface area contributed by atoms with Gasteiger partial charge in [0.1, 0.15) is 0 Å². The van der Waals surface area contributed by atoms with E-state index in [1.54, 1.807) is 24.3 Å². The molecule has 0 spiro atoms. The number of H-pyrrole nitrogens is 1. The molecule has 2 aromatic rings. The number of aromatic amines is 1. The molecule has 1 saturated carbocycles. The van der Waals surface area contributed by atoms with E-state index in [0.717, 1.165) is 18.4 Å². The molecule has 0 unspecified atom stereocenters. The zero-order valence-corrected chi connectivity index (χ0v) is 12.5. The molecule has 7 nitrogen and oxygen atoms in total. The zero-order valence-electron chi connectivity index (χ0n) is 12.5. The van der Waals surface area contributed by atoms with Crippen molar-refractivity contribution in [2.75, 3.05) is 5.73 Å². The van der Waals surface area contributed by atoms with Gasteiger partial charge in [0.05, 0.1) is 12.3 Å². The normalized spacial score (nSPS) is 19.9. The predicted octanol–water partition coefficient (Wildman–Crippen LogP) is 0.520. The number of carbonyl (C=O) groups is 1. The summed E-state index contributed by atoms with van der Waals surface area (Å²) in [5, 5.41) is 11.9. The van der Waals surface area contributed by atoms with Crippen LogP contribution in [-0.4, -0.2) is 27.0 Å². The molecule has 120 valence electrons. The van der Waals surface area contributed by atoms with E-state index in [0.29, 0.717) is 11.3 Å². The molecule has 1 aliphatic rings. The predicted molar refractivity (Wildman–Crippen MR) is 84.9 cm³/mol. The van der Waals surface area contributed by atoms with E-state index in [1.165, 1.54) is 6.07 Å². The van der Waals surface area contributed by atoms with E-state index >= 15 is 0 Å². The third-order valence-corrected chi connectivity index (χ3v) is 4.07. The van der Waals surface area contributed by atoms with E-state index in [1.807, 2.05) is 0 Å². The Morgan fingerprint density at radius 3 is 2.65 bits per heavy atom. The minimum atomic E-state index is -0.260. The Labute approximate surface area is 132 Å². The minimum Gasteiger partial charge on any atom is -0.392 e. The molecule has 0 aliphatic heterocycles. The van der Waals surface area contributed by atoms with Crippen molar-refractivity contribution < 1.29 is 9.90 Å². The number of aliphatic hydroxyl groups is 1. The number of carbonyl (C=O) groups excluding carboxylic acids is 1. The summed E-state index contributed by atoms with van der Waals surface area (Å²) in [6, 6.07) is 8.34. The lowest BCUT2D eigenvalue weighted by Crippen LogP contribution is -2.43. The fourth-order valence-corrected chi connectivity index (χ4v) is 2.71. The van der Waals surface area contributed by atoms with Crippen LogP contribution in [0.5, 0.6) is 0 Å². The van der Waals surface area contributed by atoms with Crippen LogP contribution in [0.3, 0.4) is 0 Å². The molecular weight excluding hydrogens is 296 g/mol. The molecular formula is C16H18N4O3. The van der Waals surface area contributed by atoms with Gasteiger partial charge >= 0.3 is 0 Å². The highest BCUT2D eigenvalue weighted by molar-refractivity contribution is 5.94. The Bertz CT molecular complexity index is 764. The highest BCUT2D eigenvalue weighted by Crippen LogP contribution is 2.35. The zero-order chi connectivity index (χ0) is 16.4. The van der Waals surface area contributed by atoms with Gasteiger partial charge in [-0.2, -0.15) is 0 Å². The van der Waals surface area contributed by atoms with Crippen molar-refractivity contribution in [3.8, 4) is 0 Å². The largest absolute Gasteiger partial charge is 0.392 e. The Morgan fingerprint density at radius 2 is 2.04 bits per heavy atom. The molecule has 5 N–H and O–H groups in total. The number of anilines is 1. The van der Waals surface area contributed by atoms with Crippen molar-refractivity contribution in [3.05, 3.63) is 57.5 Å². The first-order valence-corrected chi connectivity index (χ1v) is 7.42. The van der Waals surface area contributed by atoms with Crippen LogP contribution < -0.4 is 16.6 Å². The molecule has 1 heterocycles. The molecule has 7 heteroatoms. The number of amides is 1. The lowest BCUT2D eigenvalue weighted by Gasteiger charge is -2.35. The SMILES string of the molecule is Nc1nc(C2CC(NC(=O)c3ccc(CO)cc3)C2)cc(=O)[nH]1. The average molecular weight is 314 g/mol. The molecule has 1 amide bonds. The van der Waals surface area contributed by atoms with Crippen LogP contribution in [0.1, 0.15) is 40.4 Å². The lowest BCUT2D eigenvalue weighted by atomic mass is 9.78. The van der Waals surface area contributed by atoms with Crippen LogP contribution >= 0.6 is 0 Å². The Balaban J connectivity index is 1.57. The van der Waals surface area contributed by atoms with Gasteiger partial charge in [0.25, 0.3) is 11.5 Å². The molecule has 1 aromatic heterocycles.